The van der Waals surface area contributed by atoms with Gasteiger partial charge in [-0.15, -0.1) is 0 Å². The zero-order chi connectivity index (χ0) is 15.0. The van der Waals surface area contributed by atoms with Crippen LogP contribution < -0.4 is 5.63 Å². The molecule has 0 amide bonds. The normalized spacial score (nSPS) is 11.8. The summed E-state index contributed by atoms with van der Waals surface area (Å²) in [4.78, 5) is 12.0. The number of benzene rings is 2. The standard InChI is InChI=1S/C16H9F3O2/c17-16(18,19)13-7-3-2-6-11(13)12-9-10-5-1-4-8-14(10)21-15(12)20/h1-9H. The van der Waals surface area contributed by atoms with Crippen LogP contribution in [0.4, 0.5) is 13.2 Å². The summed E-state index contributed by atoms with van der Waals surface area (Å²) in [5.41, 5.74) is -1.57. The first kappa shape index (κ1) is 13.4. The van der Waals surface area contributed by atoms with Crippen molar-refractivity contribution in [2.75, 3.05) is 0 Å². The van der Waals surface area contributed by atoms with Gasteiger partial charge in [0, 0.05) is 10.9 Å². The average Bonchev–Trinajstić information content (AvgIpc) is 2.45. The second kappa shape index (κ2) is 4.77. The molecule has 0 bridgehead atoms. The van der Waals surface area contributed by atoms with Gasteiger partial charge in [0.1, 0.15) is 5.58 Å². The number of hydrogen-bond acceptors (Lipinski definition) is 2. The zero-order valence-electron chi connectivity index (χ0n) is 10.6. The Labute approximate surface area is 117 Å². The van der Waals surface area contributed by atoms with Crippen LogP contribution in [0.1, 0.15) is 5.56 Å². The predicted octanol–water partition coefficient (Wildman–Crippen LogP) is 4.48. The molecule has 0 unspecified atom stereocenters. The smallest absolute Gasteiger partial charge is 0.417 e. The molecular formula is C16H9F3O2. The molecule has 3 rings (SSSR count). The molecule has 0 saturated carbocycles. The van der Waals surface area contributed by atoms with Gasteiger partial charge in [-0.1, -0.05) is 36.4 Å². The number of hydrogen-bond donors (Lipinski definition) is 0. The third-order valence-electron chi connectivity index (χ3n) is 3.16. The minimum atomic E-state index is -4.53. The van der Waals surface area contributed by atoms with E-state index in [2.05, 4.69) is 0 Å². The van der Waals surface area contributed by atoms with Crippen molar-refractivity contribution in [1.29, 1.82) is 0 Å². The molecular weight excluding hydrogens is 281 g/mol. The van der Waals surface area contributed by atoms with Crippen molar-refractivity contribution in [3.63, 3.8) is 0 Å². The van der Waals surface area contributed by atoms with Gasteiger partial charge in [-0.3, -0.25) is 0 Å². The van der Waals surface area contributed by atoms with Gasteiger partial charge in [-0.25, -0.2) is 4.79 Å². The van der Waals surface area contributed by atoms with Gasteiger partial charge in [-0.2, -0.15) is 13.2 Å². The van der Waals surface area contributed by atoms with Crippen LogP contribution >= 0.6 is 0 Å². The number of para-hydroxylation sites is 1. The Bertz CT molecular complexity index is 863. The summed E-state index contributed by atoms with van der Waals surface area (Å²) in [6, 6.07) is 13.1. The van der Waals surface area contributed by atoms with Crippen LogP contribution in [0.5, 0.6) is 0 Å². The summed E-state index contributed by atoms with van der Waals surface area (Å²) in [5.74, 6) is 0. The molecule has 0 atom stereocenters. The highest BCUT2D eigenvalue weighted by molar-refractivity contribution is 5.82. The Morgan fingerprint density at radius 1 is 0.857 bits per heavy atom. The molecule has 2 aromatic carbocycles. The number of alkyl halides is 3. The summed E-state index contributed by atoms with van der Waals surface area (Å²) in [6.45, 7) is 0. The third-order valence-corrected chi connectivity index (χ3v) is 3.16. The molecule has 1 aromatic heterocycles. The lowest BCUT2D eigenvalue weighted by atomic mass is 10.00. The van der Waals surface area contributed by atoms with Gasteiger partial charge in [0.25, 0.3) is 0 Å². The molecule has 0 aliphatic carbocycles. The van der Waals surface area contributed by atoms with E-state index in [9.17, 15) is 18.0 Å². The fourth-order valence-corrected chi connectivity index (χ4v) is 2.21. The van der Waals surface area contributed by atoms with Crippen LogP contribution in [0, 0.1) is 0 Å². The molecule has 1 heterocycles. The highest BCUT2D eigenvalue weighted by Crippen LogP contribution is 2.36. The first-order chi connectivity index (χ1) is 9.97. The average molecular weight is 290 g/mol. The lowest BCUT2D eigenvalue weighted by Crippen LogP contribution is -2.10. The van der Waals surface area contributed by atoms with Gasteiger partial charge < -0.3 is 4.42 Å². The molecule has 0 fully saturated rings. The van der Waals surface area contributed by atoms with Crippen molar-refractivity contribution in [1.82, 2.24) is 0 Å². The van der Waals surface area contributed by atoms with Crippen LogP contribution in [0.3, 0.4) is 0 Å². The molecule has 0 aliphatic heterocycles. The van der Waals surface area contributed by atoms with Gasteiger partial charge in [0.2, 0.25) is 0 Å². The largest absolute Gasteiger partial charge is 0.422 e. The second-order valence-electron chi connectivity index (χ2n) is 4.53. The molecule has 0 radical (unpaired) electrons. The van der Waals surface area contributed by atoms with Crippen LogP contribution in [0.15, 0.2) is 63.8 Å². The van der Waals surface area contributed by atoms with E-state index in [0.717, 1.165) is 6.07 Å². The minimum Gasteiger partial charge on any atom is -0.422 e. The molecule has 0 spiro atoms. The molecule has 3 aromatic rings. The summed E-state index contributed by atoms with van der Waals surface area (Å²) in [6.07, 6.45) is -4.53. The van der Waals surface area contributed by atoms with Crippen LogP contribution in [-0.4, -0.2) is 0 Å². The van der Waals surface area contributed by atoms with Crippen LogP contribution in [0.2, 0.25) is 0 Å². The Balaban J connectivity index is 2.31. The predicted molar refractivity (Wildman–Crippen MR) is 72.9 cm³/mol. The van der Waals surface area contributed by atoms with E-state index >= 15 is 0 Å². The first-order valence-corrected chi connectivity index (χ1v) is 6.16. The third kappa shape index (κ3) is 2.42. The van der Waals surface area contributed by atoms with Gasteiger partial charge >= 0.3 is 11.8 Å². The quantitative estimate of drug-likeness (QED) is 0.619. The van der Waals surface area contributed by atoms with Crippen molar-refractivity contribution < 1.29 is 17.6 Å². The number of halogens is 3. The van der Waals surface area contributed by atoms with Gasteiger partial charge in [-0.05, 0) is 18.2 Å². The number of fused-ring (bicyclic) bond motifs is 1. The van der Waals surface area contributed by atoms with E-state index in [4.69, 9.17) is 4.42 Å². The van der Waals surface area contributed by atoms with E-state index in [1.807, 2.05) is 0 Å². The summed E-state index contributed by atoms with van der Waals surface area (Å²) >= 11 is 0. The summed E-state index contributed by atoms with van der Waals surface area (Å²) < 4.78 is 44.2. The van der Waals surface area contributed by atoms with Crippen molar-refractivity contribution in [3.8, 4) is 11.1 Å². The topological polar surface area (TPSA) is 30.2 Å². The highest BCUT2D eigenvalue weighted by Gasteiger charge is 2.34. The monoisotopic (exact) mass is 290 g/mol. The van der Waals surface area contributed by atoms with E-state index in [-0.39, 0.29) is 11.1 Å². The fraction of sp³-hybridized carbons (Fsp3) is 0.0625. The molecule has 0 saturated heterocycles. The fourth-order valence-electron chi connectivity index (χ4n) is 2.21. The van der Waals surface area contributed by atoms with Crippen molar-refractivity contribution in [3.05, 3.63) is 70.6 Å². The summed E-state index contributed by atoms with van der Waals surface area (Å²) in [7, 11) is 0. The lowest BCUT2D eigenvalue weighted by molar-refractivity contribution is -0.137. The van der Waals surface area contributed by atoms with Crippen LogP contribution in [-0.2, 0) is 6.18 Å². The molecule has 106 valence electrons. The molecule has 5 heteroatoms. The molecule has 21 heavy (non-hydrogen) atoms. The van der Waals surface area contributed by atoms with E-state index in [1.165, 1.54) is 24.3 Å². The Morgan fingerprint density at radius 3 is 2.29 bits per heavy atom. The Kier molecular flexibility index (Phi) is 3.05. The van der Waals surface area contributed by atoms with E-state index < -0.39 is 17.4 Å². The van der Waals surface area contributed by atoms with Crippen molar-refractivity contribution in [2.24, 2.45) is 0 Å². The van der Waals surface area contributed by atoms with Gasteiger partial charge in [0.15, 0.2) is 0 Å². The maximum atomic E-state index is 13.0. The number of rotatable bonds is 1. The van der Waals surface area contributed by atoms with Crippen molar-refractivity contribution >= 4 is 11.0 Å². The molecule has 0 N–H and O–H groups in total. The minimum absolute atomic E-state index is 0.0957. The SMILES string of the molecule is O=c1oc2ccccc2cc1-c1ccccc1C(F)(F)F. The summed E-state index contributed by atoms with van der Waals surface area (Å²) in [5, 5.41) is 0.573. The van der Waals surface area contributed by atoms with E-state index in [0.29, 0.717) is 11.0 Å². The van der Waals surface area contributed by atoms with Gasteiger partial charge in [0.05, 0.1) is 11.1 Å². The maximum Gasteiger partial charge on any atom is 0.417 e. The molecule has 0 aliphatic rings. The molecule has 2 nitrogen and oxygen atoms in total. The first-order valence-electron chi connectivity index (χ1n) is 6.16. The van der Waals surface area contributed by atoms with Crippen LogP contribution in [0.25, 0.3) is 22.1 Å². The lowest BCUT2D eigenvalue weighted by Gasteiger charge is -2.12. The second-order valence-corrected chi connectivity index (χ2v) is 4.53. The highest BCUT2D eigenvalue weighted by atomic mass is 19.4. The Morgan fingerprint density at radius 2 is 1.52 bits per heavy atom. The Hall–Kier alpha value is -2.56. The zero-order valence-corrected chi connectivity index (χ0v) is 10.6. The van der Waals surface area contributed by atoms with E-state index in [1.54, 1.807) is 24.3 Å². The van der Waals surface area contributed by atoms with Crippen molar-refractivity contribution in [2.45, 2.75) is 6.18 Å². The maximum absolute atomic E-state index is 13.0.